The molecule has 0 heterocycles. The molecule has 0 fully saturated rings. The van der Waals surface area contributed by atoms with E-state index in [1.165, 1.54) is 0 Å². The molecule has 0 atom stereocenters. The van der Waals surface area contributed by atoms with Gasteiger partial charge in [0.2, 0.25) is 1.43 Å². The van der Waals surface area contributed by atoms with Gasteiger partial charge in [0.05, 0.1) is 0 Å². The highest BCUT2D eigenvalue weighted by atomic mass is 16.2. The topological polar surface area (TPSA) is 20.2 Å². The second-order valence-corrected chi connectivity index (χ2v) is 0.704. The van der Waals surface area contributed by atoms with Crippen LogP contribution >= 0.6 is 0 Å². The molecule has 0 amide bonds. The van der Waals surface area contributed by atoms with Crippen LogP contribution in [0.2, 0.25) is 0 Å². The van der Waals surface area contributed by atoms with Gasteiger partial charge >= 0.3 is 0 Å². The second kappa shape index (κ2) is 100. The number of hydrogen-bond donors (Lipinski definition) is 1. The van der Waals surface area contributed by atoms with E-state index < -0.39 is 0 Å². The largest absolute Gasteiger partial charge is 0.396 e. The Hall–Kier alpha value is -0.0400. The van der Waals surface area contributed by atoms with E-state index in [9.17, 15) is 0 Å². The number of aliphatic hydroxyl groups is 1. The second-order valence-electron chi connectivity index (χ2n) is 0.704. The third-order valence-corrected chi connectivity index (χ3v) is 0.204. The van der Waals surface area contributed by atoms with E-state index in [1.54, 1.807) is 6.92 Å². The molecule has 0 aliphatic rings. The quantitative estimate of drug-likeness (QED) is 0.635. The Labute approximate surface area is 68.1 Å². The zero-order chi connectivity index (χ0) is 8.83. The molecule has 0 radical (unpaired) electrons. The fourth-order valence-corrected chi connectivity index (χ4v) is 0. The summed E-state index contributed by atoms with van der Waals surface area (Å²) < 4.78 is 22.3. The van der Waals surface area contributed by atoms with Crippen molar-refractivity contribution in [2.75, 3.05) is 6.61 Å². The molecule has 0 aromatic carbocycles. The first-order valence-electron chi connectivity index (χ1n) is 4.32. The van der Waals surface area contributed by atoms with Crippen LogP contribution in [0.15, 0.2) is 0 Å². The first kappa shape index (κ1) is 11.7. The van der Waals surface area contributed by atoms with Crippen molar-refractivity contribution in [3.8, 4) is 0 Å². The van der Waals surface area contributed by atoms with E-state index in [-0.39, 0.29) is 22.3 Å². The van der Waals surface area contributed by atoms with Gasteiger partial charge in [0.25, 0.3) is 0 Å². The van der Waals surface area contributed by atoms with Gasteiger partial charge in [-0.2, -0.15) is 0 Å². The third-order valence-electron chi connectivity index (χ3n) is 0.204. The summed E-state index contributed by atoms with van der Waals surface area (Å²) in [6, 6.07) is 0. The van der Waals surface area contributed by atoms with Gasteiger partial charge in [-0.3, -0.25) is 0 Å². The van der Waals surface area contributed by atoms with E-state index >= 15 is 0 Å². The van der Waals surface area contributed by atoms with Crippen LogP contribution in [0.3, 0.4) is 0 Å². The molecule has 1 N–H and O–H groups in total. The number of aliphatic hydroxyl groups excluding tert-OH is 1. The maximum atomic E-state index is 6.21. The van der Waals surface area contributed by atoms with Crippen LogP contribution in [0.4, 0.5) is 0 Å². The van der Waals surface area contributed by atoms with Gasteiger partial charge in [0.15, 0.2) is 0 Å². The highest BCUT2D eigenvalue weighted by Gasteiger charge is 1.57. The van der Waals surface area contributed by atoms with Gasteiger partial charge in [-0.25, -0.2) is 0 Å². The molecule has 0 unspecified atom stereocenters. The minimum absolute atomic E-state index is 0. The van der Waals surface area contributed by atoms with E-state index in [0.29, 0.717) is 13.5 Å². The highest BCUT2D eigenvalue weighted by molar-refractivity contribution is 4.10. The lowest BCUT2D eigenvalue weighted by Crippen LogP contribution is -1.69. The Bertz CT molecular complexity index is 30.1. The molecule has 66 valence electrons. The van der Waals surface area contributed by atoms with Gasteiger partial charge < -0.3 is 5.11 Å². The average Bonchev–Trinajstić information content (AvgIpc) is 1.96. The van der Waals surface area contributed by atoms with Crippen molar-refractivity contribution >= 4 is 0 Å². The summed E-state index contributed by atoms with van der Waals surface area (Å²) >= 11 is 0. The van der Waals surface area contributed by atoms with Gasteiger partial charge in [-0.05, 0) is 6.42 Å². The first-order chi connectivity index (χ1) is 4.83. The van der Waals surface area contributed by atoms with Crippen LogP contribution in [-0.2, 0) is 0 Å². The molecule has 0 spiro atoms. The molecule has 1 heteroatoms. The maximum absolute atomic E-state index is 6.21. The van der Waals surface area contributed by atoms with E-state index in [0.717, 1.165) is 6.42 Å². The predicted molar refractivity (Wildman–Crippen MR) is 51.0 cm³/mol. The Morgan fingerprint density at radius 2 is 2.00 bits per heavy atom. The summed E-state index contributed by atoms with van der Waals surface area (Å²) in [5.41, 5.74) is 0. The fourth-order valence-electron chi connectivity index (χ4n) is 0. The Kier molecular flexibility index (Phi) is 131. The molecule has 0 rings (SSSR count). The molecule has 0 saturated heterocycles. The van der Waals surface area contributed by atoms with E-state index in [4.69, 9.17) is 5.77 Å². The molecule has 0 aliphatic carbocycles. The predicted octanol–water partition coefficient (Wildman–Crippen LogP) is 3.57. The SMILES string of the molecule is C.C.C.[3H]CC.[3H]OCCC.[3H][3H]. The Morgan fingerprint density at radius 1 is 1.67 bits per heavy atom. The molecule has 1 nitrogen and oxygen atoms in total. The van der Waals surface area contributed by atoms with Crippen molar-refractivity contribution in [3.05, 3.63) is 0 Å². The summed E-state index contributed by atoms with van der Waals surface area (Å²) in [5.74, 6) is 0. The highest BCUT2D eigenvalue weighted by Crippen LogP contribution is 1.61. The van der Waals surface area contributed by atoms with Crippen LogP contribution in [0.5, 0.6) is 0 Å². The van der Waals surface area contributed by atoms with Crippen molar-refractivity contribution < 1.29 is 9.45 Å². The lowest BCUT2D eigenvalue weighted by molar-refractivity contribution is 0.295. The minimum atomic E-state index is 0. The lowest BCUT2D eigenvalue weighted by atomic mass is 10.5. The first-order valence-corrected chi connectivity index (χ1v) is 2.20. The molecule has 0 bridgehead atoms. The van der Waals surface area contributed by atoms with Crippen molar-refractivity contribution in [2.45, 2.75) is 49.4 Å². The third kappa shape index (κ3) is 307. The molecule has 0 aliphatic heterocycles. The van der Waals surface area contributed by atoms with Crippen LogP contribution in [0.25, 0.3) is 0 Å². The average molecular weight is 148 g/mol. The minimum Gasteiger partial charge on any atom is -0.396 e. The van der Waals surface area contributed by atoms with Gasteiger partial charge in [0, 0.05) is 10.9 Å². The molecular formula is C8H28O. The Balaban J connectivity index is -0.0000000138. The summed E-state index contributed by atoms with van der Waals surface area (Å²) in [6.45, 7) is 4.81. The fraction of sp³-hybridized carbons (Fsp3) is 1.00. The summed E-state index contributed by atoms with van der Waals surface area (Å²) in [4.78, 5) is 0. The van der Waals surface area contributed by atoms with E-state index in [1.807, 2.05) is 6.92 Å². The molecule has 0 aromatic rings. The van der Waals surface area contributed by atoms with Crippen molar-refractivity contribution in [1.82, 2.24) is 0 Å². The van der Waals surface area contributed by atoms with Crippen LogP contribution < -0.4 is 0 Å². The lowest BCUT2D eigenvalue weighted by Gasteiger charge is -1.69. The van der Waals surface area contributed by atoms with Gasteiger partial charge in [0.1, 0.15) is 0 Å². The summed E-state index contributed by atoms with van der Waals surface area (Å²) in [5, 5.41) is 3.94. The van der Waals surface area contributed by atoms with Crippen LogP contribution in [-0.4, -0.2) is 13.1 Å². The zero-order valence-corrected chi connectivity index (χ0v) is 4.53. The number of rotatable bonds is 2. The zero-order valence-electron chi connectivity index (χ0n) is 8.53. The smallest absolute Gasteiger partial charge is 0.210 e. The summed E-state index contributed by atoms with van der Waals surface area (Å²) in [7, 11) is 0. The van der Waals surface area contributed by atoms with Crippen molar-refractivity contribution in [3.63, 3.8) is 0 Å². The van der Waals surface area contributed by atoms with Crippen molar-refractivity contribution in [2.24, 2.45) is 0 Å². The monoisotopic (exact) mass is 148 g/mol. The van der Waals surface area contributed by atoms with Crippen LogP contribution in [0.1, 0.15) is 53.8 Å². The standard InChI is InChI=1S/C3H8O.C2H6.3CH4.H2/c1-2-3-4;1-2;;;;/h4H,2-3H2,1H3;1-2H3;3*1H4;1H/i4T;1T;;;;1+2T. The molecule has 9 heavy (non-hydrogen) atoms. The van der Waals surface area contributed by atoms with Crippen LogP contribution in [0, 0.1) is 0 Å². The molecular weight excluding hydrogens is 112 g/mol. The molecule has 0 aromatic heterocycles. The van der Waals surface area contributed by atoms with E-state index in [2.05, 4.69) is 5.11 Å². The Morgan fingerprint density at radius 3 is 2.00 bits per heavy atom. The van der Waals surface area contributed by atoms with Gasteiger partial charge in [-0.1, -0.05) is 43.0 Å². The summed E-state index contributed by atoms with van der Waals surface area (Å²) in [6.07, 6.45) is 0.934. The maximum Gasteiger partial charge on any atom is 0.210 e. The van der Waals surface area contributed by atoms with Gasteiger partial charge in [-0.15, -0.1) is 0 Å². The molecule has 0 saturated carbocycles. The van der Waals surface area contributed by atoms with Crippen molar-refractivity contribution in [1.29, 1.82) is 1.43 Å². The normalized spacial score (nSPS) is 7.78. The number of hydrogen-bond acceptors (Lipinski definition) is 1.